The van der Waals surface area contributed by atoms with Gasteiger partial charge < -0.3 is 10.4 Å². The quantitative estimate of drug-likeness (QED) is 0.870. The molecule has 1 aliphatic rings. The normalized spacial score (nSPS) is 21.5. The number of carbonyl (C=O) groups excluding carboxylic acids is 1. The minimum atomic E-state index is -1.42. The summed E-state index contributed by atoms with van der Waals surface area (Å²) in [5, 5.41) is 11.2. The molecule has 2 unspecified atom stereocenters. The Morgan fingerprint density at radius 3 is 2.39 bits per heavy atom. The number of halogens is 2. The summed E-state index contributed by atoms with van der Waals surface area (Å²) in [5.41, 5.74) is -0.680. The fourth-order valence-electron chi connectivity index (χ4n) is 1.74. The maximum absolute atomic E-state index is 13.0. The molecule has 0 aliphatic heterocycles. The number of hydrogen-bond donors (Lipinski definition) is 2. The monoisotopic (exact) mass is 255 g/mol. The van der Waals surface area contributed by atoms with Gasteiger partial charge in [-0.1, -0.05) is 6.92 Å². The highest BCUT2D eigenvalue weighted by Gasteiger charge is 2.39. The van der Waals surface area contributed by atoms with E-state index in [0.717, 1.165) is 6.42 Å². The van der Waals surface area contributed by atoms with Gasteiger partial charge in [0.15, 0.2) is 11.6 Å². The molecule has 96 valence electrons. The number of benzene rings is 1. The lowest BCUT2D eigenvalue weighted by Crippen LogP contribution is -2.17. The summed E-state index contributed by atoms with van der Waals surface area (Å²) in [7, 11) is 0. The molecule has 6 heteroatoms. The van der Waals surface area contributed by atoms with Gasteiger partial charge in [0, 0.05) is 12.0 Å². The van der Waals surface area contributed by atoms with Crippen LogP contribution in [0.2, 0.25) is 0 Å². The Morgan fingerprint density at radius 2 is 1.89 bits per heavy atom. The van der Waals surface area contributed by atoms with Crippen LogP contribution in [0.4, 0.5) is 14.5 Å². The second kappa shape index (κ2) is 4.36. The van der Waals surface area contributed by atoms with Gasteiger partial charge >= 0.3 is 5.97 Å². The van der Waals surface area contributed by atoms with Gasteiger partial charge in [0.05, 0.1) is 11.3 Å². The summed E-state index contributed by atoms with van der Waals surface area (Å²) >= 11 is 0. The van der Waals surface area contributed by atoms with E-state index in [4.69, 9.17) is 5.11 Å². The van der Waals surface area contributed by atoms with E-state index < -0.39 is 23.2 Å². The topological polar surface area (TPSA) is 66.4 Å². The standard InChI is InChI=1S/C12H11F2NO3/c1-5-2-6(5)11(16)15-10-4-9(14)8(13)3-7(10)12(17)18/h3-6H,2H2,1H3,(H,15,16)(H,17,18). The van der Waals surface area contributed by atoms with Crippen molar-refractivity contribution in [2.75, 3.05) is 5.32 Å². The third kappa shape index (κ3) is 2.32. The average molecular weight is 255 g/mol. The van der Waals surface area contributed by atoms with Gasteiger partial charge in [-0.25, -0.2) is 13.6 Å². The third-order valence-corrected chi connectivity index (χ3v) is 2.99. The van der Waals surface area contributed by atoms with Crippen LogP contribution in [0.5, 0.6) is 0 Å². The summed E-state index contributed by atoms with van der Waals surface area (Å²) in [4.78, 5) is 22.5. The smallest absolute Gasteiger partial charge is 0.337 e. The Hall–Kier alpha value is -1.98. The molecule has 0 saturated heterocycles. The van der Waals surface area contributed by atoms with Gasteiger partial charge in [0.25, 0.3) is 0 Å². The van der Waals surface area contributed by atoms with E-state index in [1.807, 2.05) is 6.92 Å². The number of amides is 1. The van der Waals surface area contributed by atoms with Crippen molar-refractivity contribution < 1.29 is 23.5 Å². The molecule has 0 aromatic heterocycles. The molecule has 0 radical (unpaired) electrons. The molecule has 1 fully saturated rings. The zero-order valence-corrected chi connectivity index (χ0v) is 9.54. The molecule has 1 aliphatic carbocycles. The average Bonchev–Trinajstić information content (AvgIpc) is 3.00. The molecule has 0 bridgehead atoms. The van der Waals surface area contributed by atoms with Gasteiger partial charge in [-0.15, -0.1) is 0 Å². The second-order valence-corrected chi connectivity index (χ2v) is 4.43. The van der Waals surface area contributed by atoms with Crippen molar-refractivity contribution in [2.24, 2.45) is 11.8 Å². The van der Waals surface area contributed by atoms with Crippen LogP contribution < -0.4 is 5.32 Å². The summed E-state index contributed by atoms with van der Waals surface area (Å²) in [6, 6.07) is 1.24. The van der Waals surface area contributed by atoms with Crippen molar-refractivity contribution in [3.05, 3.63) is 29.3 Å². The fourth-order valence-corrected chi connectivity index (χ4v) is 1.74. The highest BCUT2D eigenvalue weighted by molar-refractivity contribution is 6.01. The maximum atomic E-state index is 13.0. The fraction of sp³-hybridized carbons (Fsp3) is 0.333. The van der Waals surface area contributed by atoms with Crippen LogP contribution in [-0.2, 0) is 4.79 Å². The van der Waals surface area contributed by atoms with Crippen LogP contribution in [0.3, 0.4) is 0 Å². The Bertz CT molecular complexity index is 530. The van der Waals surface area contributed by atoms with Crippen LogP contribution >= 0.6 is 0 Å². The van der Waals surface area contributed by atoms with E-state index in [0.29, 0.717) is 12.1 Å². The predicted molar refractivity (Wildman–Crippen MR) is 59.2 cm³/mol. The first-order valence-electron chi connectivity index (χ1n) is 5.43. The third-order valence-electron chi connectivity index (χ3n) is 2.99. The maximum Gasteiger partial charge on any atom is 0.337 e. The molecule has 0 spiro atoms. The number of aromatic carboxylic acids is 1. The summed E-state index contributed by atoms with van der Waals surface area (Å²) in [6.07, 6.45) is 0.720. The van der Waals surface area contributed by atoms with E-state index in [1.54, 1.807) is 0 Å². The first kappa shape index (κ1) is 12.5. The van der Waals surface area contributed by atoms with Gasteiger partial charge in [0.1, 0.15) is 0 Å². The van der Waals surface area contributed by atoms with E-state index >= 15 is 0 Å². The van der Waals surface area contributed by atoms with Crippen LogP contribution in [-0.4, -0.2) is 17.0 Å². The highest BCUT2D eigenvalue weighted by Crippen LogP contribution is 2.38. The first-order chi connectivity index (χ1) is 8.40. The van der Waals surface area contributed by atoms with E-state index in [9.17, 15) is 18.4 Å². The number of anilines is 1. The molecule has 2 atom stereocenters. The Kier molecular flexibility index (Phi) is 3.02. The number of rotatable bonds is 3. The number of carboxylic acid groups (broad SMARTS) is 1. The van der Waals surface area contributed by atoms with Crippen molar-refractivity contribution in [3.63, 3.8) is 0 Å². The SMILES string of the molecule is CC1CC1C(=O)Nc1cc(F)c(F)cc1C(=O)O. The van der Waals surface area contributed by atoms with Gasteiger partial charge in [-0.3, -0.25) is 4.79 Å². The number of carboxylic acids is 1. The molecule has 1 aromatic rings. The molecular weight excluding hydrogens is 244 g/mol. The molecule has 0 heterocycles. The number of nitrogens with one attached hydrogen (secondary N) is 1. The molecule has 2 rings (SSSR count). The van der Waals surface area contributed by atoms with Crippen molar-refractivity contribution >= 4 is 17.6 Å². The van der Waals surface area contributed by atoms with Crippen molar-refractivity contribution in [2.45, 2.75) is 13.3 Å². The van der Waals surface area contributed by atoms with Crippen molar-refractivity contribution in [3.8, 4) is 0 Å². The molecule has 1 amide bonds. The van der Waals surface area contributed by atoms with E-state index in [2.05, 4.69) is 5.32 Å². The van der Waals surface area contributed by atoms with Gasteiger partial charge in [0.2, 0.25) is 5.91 Å². The van der Waals surface area contributed by atoms with Crippen LogP contribution in [0, 0.1) is 23.5 Å². The predicted octanol–water partition coefficient (Wildman–Crippen LogP) is 2.26. The second-order valence-electron chi connectivity index (χ2n) is 4.43. The first-order valence-corrected chi connectivity index (χ1v) is 5.43. The number of carbonyl (C=O) groups is 2. The molecule has 2 N–H and O–H groups in total. The minimum Gasteiger partial charge on any atom is -0.478 e. The summed E-state index contributed by atoms with van der Waals surface area (Å²) in [6.45, 7) is 1.88. The minimum absolute atomic E-state index is 0.181. The molecule has 1 aromatic carbocycles. The van der Waals surface area contributed by atoms with Gasteiger partial charge in [-0.2, -0.15) is 0 Å². The number of hydrogen-bond acceptors (Lipinski definition) is 2. The molecule has 18 heavy (non-hydrogen) atoms. The van der Waals surface area contributed by atoms with Crippen LogP contribution in [0.15, 0.2) is 12.1 Å². The Balaban J connectivity index is 2.28. The molecule has 1 saturated carbocycles. The van der Waals surface area contributed by atoms with Crippen LogP contribution in [0.25, 0.3) is 0 Å². The lowest BCUT2D eigenvalue weighted by Gasteiger charge is -2.08. The Morgan fingerprint density at radius 1 is 1.33 bits per heavy atom. The Labute approximate surface area is 102 Å². The van der Waals surface area contributed by atoms with Crippen LogP contribution in [0.1, 0.15) is 23.7 Å². The lowest BCUT2D eigenvalue weighted by atomic mass is 10.1. The zero-order valence-electron chi connectivity index (χ0n) is 9.54. The summed E-state index contributed by atoms with van der Waals surface area (Å²) in [5.74, 6) is -4.18. The molecule has 4 nitrogen and oxygen atoms in total. The highest BCUT2D eigenvalue weighted by atomic mass is 19.2. The summed E-state index contributed by atoms with van der Waals surface area (Å²) < 4.78 is 26.0. The lowest BCUT2D eigenvalue weighted by molar-refractivity contribution is -0.117. The van der Waals surface area contributed by atoms with E-state index in [1.165, 1.54) is 0 Å². The van der Waals surface area contributed by atoms with Gasteiger partial charge in [-0.05, 0) is 18.4 Å². The zero-order chi connectivity index (χ0) is 13.4. The van der Waals surface area contributed by atoms with E-state index in [-0.39, 0.29) is 23.4 Å². The molecular formula is C12H11F2NO3. The van der Waals surface area contributed by atoms with Crippen molar-refractivity contribution in [1.29, 1.82) is 0 Å². The van der Waals surface area contributed by atoms with Crippen molar-refractivity contribution in [1.82, 2.24) is 0 Å². The largest absolute Gasteiger partial charge is 0.478 e.